The number of rotatable bonds is 11. The van der Waals surface area contributed by atoms with E-state index in [1.807, 2.05) is 6.92 Å². The normalized spacial score (nSPS) is 15.9. The molecule has 27 heavy (non-hydrogen) atoms. The van der Waals surface area contributed by atoms with Gasteiger partial charge in [-0.2, -0.15) is 5.10 Å². The summed E-state index contributed by atoms with van der Waals surface area (Å²) in [5.74, 6) is 0.946. The summed E-state index contributed by atoms with van der Waals surface area (Å²) < 4.78 is 2.08. The van der Waals surface area contributed by atoms with Gasteiger partial charge in [0.1, 0.15) is 0 Å². The van der Waals surface area contributed by atoms with Crippen molar-refractivity contribution in [3.63, 3.8) is 0 Å². The molecule has 6 nitrogen and oxygen atoms in total. The van der Waals surface area contributed by atoms with Crippen LogP contribution in [0.1, 0.15) is 63.3 Å². The van der Waals surface area contributed by atoms with Crippen LogP contribution in [0.2, 0.25) is 0 Å². The predicted molar refractivity (Wildman–Crippen MR) is 114 cm³/mol. The van der Waals surface area contributed by atoms with Gasteiger partial charge in [0, 0.05) is 31.9 Å². The van der Waals surface area contributed by atoms with E-state index >= 15 is 0 Å². The molecule has 0 saturated carbocycles. The molecule has 1 saturated heterocycles. The first-order valence-corrected chi connectivity index (χ1v) is 10.9. The average molecular weight is 377 g/mol. The molecule has 1 aliphatic rings. The fraction of sp³-hybridized carbons (Fsp3) is 0.810. The maximum Gasteiger partial charge on any atom is 0.191 e. The predicted octanol–water partition coefficient (Wildman–Crippen LogP) is 3.10. The fourth-order valence-electron chi connectivity index (χ4n) is 3.68. The van der Waals surface area contributed by atoms with Crippen LogP contribution in [-0.4, -0.2) is 59.9 Å². The van der Waals surface area contributed by atoms with E-state index in [1.54, 1.807) is 0 Å². The number of nitrogens with one attached hydrogen (secondary N) is 2. The zero-order valence-electron chi connectivity index (χ0n) is 17.8. The lowest BCUT2D eigenvalue weighted by molar-refractivity contribution is 0.224. The van der Waals surface area contributed by atoms with E-state index in [0.29, 0.717) is 0 Å². The summed E-state index contributed by atoms with van der Waals surface area (Å²) in [5.41, 5.74) is 2.32. The Kier molecular flexibility index (Phi) is 10.3. The van der Waals surface area contributed by atoms with Crippen LogP contribution in [0.15, 0.2) is 11.1 Å². The third-order valence-electron chi connectivity index (χ3n) is 5.14. The Morgan fingerprint density at radius 1 is 1.04 bits per heavy atom. The molecule has 0 spiro atoms. The molecule has 1 aliphatic heterocycles. The molecule has 1 aromatic rings. The molecule has 154 valence electrons. The van der Waals surface area contributed by atoms with Gasteiger partial charge in [-0.1, -0.05) is 12.8 Å². The number of aliphatic imine (C=N–C) groups is 1. The second-order valence-corrected chi connectivity index (χ2v) is 7.65. The Balaban J connectivity index is 1.56. The van der Waals surface area contributed by atoms with Gasteiger partial charge in [0.15, 0.2) is 5.96 Å². The minimum atomic E-state index is 0.822. The highest BCUT2D eigenvalue weighted by molar-refractivity contribution is 5.79. The molecule has 1 aromatic heterocycles. The third-order valence-corrected chi connectivity index (χ3v) is 5.14. The van der Waals surface area contributed by atoms with Crippen molar-refractivity contribution in [2.45, 2.75) is 72.3 Å². The lowest BCUT2D eigenvalue weighted by atomic mass is 10.1. The zero-order valence-corrected chi connectivity index (χ0v) is 17.8. The highest BCUT2D eigenvalue weighted by Gasteiger charge is 2.08. The number of nitrogens with zero attached hydrogens (tertiary/aromatic N) is 4. The molecule has 0 aromatic carbocycles. The summed E-state index contributed by atoms with van der Waals surface area (Å²) in [7, 11) is 0. The molecule has 1 fully saturated rings. The number of aryl methyl sites for hydroxylation is 3. The quantitative estimate of drug-likeness (QED) is 0.354. The van der Waals surface area contributed by atoms with E-state index in [1.165, 1.54) is 63.9 Å². The number of piperidine rings is 1. The number of unbranched alkanes of at least 4 members (excludes halogenated alkanes) is 2. The molecule has 0 atom stereocenters. The summed E-state index contributed by atoms with van der Waals surface area (Å²) in [4.78, 5) is 7.33. The van der Waals surface area contributed by atoms with E-state index < -0.39 is 0 Å². The lowest BCUT2D eigenvalue weighted by Crippen LogP contribution is -2.38. The van der Waals surface area contributed by atoms with E-state index in [-0.39, 0.29) is 0 Å². The standard InChI is InChI=1S/C21H40N6/c1-4-22-21(24-13-11-17-27-20(3)18-19(2)25-27)23-12-7-5-8-14-26-15-9-6-10-16-26/h18H,4-17H2,1-3H3,(H2,22,23,24). The molecule has 0 aliphatic carbocycles. The van der Waals surface area contributed by atoms with Gasteiger partial charge in [0.05, 0.1) is 5.69 Å². The summed E-state index contributed by atoms with van der Waals surface area (Å²) >= 11 is 0. The molecular formula is C21H40N6. The molecule has 0 unspecified atom stereocenters. The Morgan fingerprint density at radius 2 is 1.85 bits per heavy atom. The Labute approximate surface area is 165 Å². The monoisotopic (exact) mass is 376 g/mol. The van der Waals surface area contributed by atoms with E-state index in [2.05, 4.69) is 45.2 Å². The second-order valence-electron chi connectivity index (χ2n) is 7.65. The van der Waals surface area contributed by atoms with Crippen LogP contribution in [-0.2, 0) is 6.54 Å². The Morgan fingerprint density at radius 3 is 2.56 bits per heavy atom. The number of hydrogen-bond donors (Lipinski definition) is 2. The topological polar surface area (TPSA) is 57.5 Å². The highest BCUT2D eigenvalue weighted by Crippen LogP contribution is 2.09. The maximum atomic E-state index is 4.70. The minimum absolute atomic E-state index is 0.822. The summed E-state index contributed by atoms with van der Waals surface area (Å²) in [6.45, 7) is 13.8. The second kappa shape index (κ2) is 12.8. The summed E-state index contributed by atoms with van der Waals surface area (Å²) in [6, 6.07) is 2.13. The lowest BCUT2D eigenvalue weighted by Gasteiger charge is -2.26. The van der Waals surface area contributed by atoms with E-state index in [9.17, 15) is 0 Å². The third kappa shape index (κ3) is 8.78. The smallest absolute Gasteiger partial charge is 0.191 e. The van der Waals surface area contributed by atoms with Gasteiger partial charge in [0.2, 0.25) is 0 Å². The van der Waals surface area contributed by atoms with Crippen molar-refractivity contribution < 1.29 is 0 Å². The van der Waals surface area contributed by atoms with Crippen molar-refractivity contribution in [2.75, 3.05) is 39.3 Å². The van der Waals surface area contributed by atoms with Crippen LogP contribution in [0.25, 0.3) is 0 Å². The van der Waals surface area contributed by atoms with Gasteiger partial charge in [-0.25, -0.2) is 0 Å². The van der Waals surface area contributed by atoms with Crippen LogP contribution in [0.5, 0.6) is 0 Å². The molecular weight excluding hydrogens is 336 g/mol. The molecule has 0 radical (unpaired) electrons. The molecule has 0 amide bonds. The van der Waals surface area contributed by atoms with Gasteiger partial charge < -0.3 is 15.5 Å². The van der Waals surface area contributed by atoms with Crippen LogP contribution >= 0.6 is 0 Å². The fourth-order valence-corrected chi connectivity index (χ4v) is 3.68. The van der Waals surface area contributed by atoms with Gasteiger partial charge in [-0.15, -0.1) is 0 Å². The highest BCUT2D eigenvalue weighted by atomic mass is 15.3. The van der Waals surface area contributed by atoms with Crippen LogP contribution in [0.3, 0.4) is 0 Å². The number of hydrogen-bond acceptors (Lipinski definition) is 3. The number of likely N-dealkylation sites (tertiary alicyclic amines) is 1. The van der Waals surface area contributed by atoms with Gasteiger partial charge in [-0.3, -0.25) is 9.67 Å². The van der Waals surface area contributed by atoms with Crippen molar-refractivity contribution in [3.8, 4) is 0 Å². The van der Waals surface area contributed by atoms with Gasteiger partial charge in [-0.05, 0) is 78.6 Å². The first kappa shape index (κ1) is 21.7. The maximum absolute atomic E-state index is 4.70. The number of aromatic nitrogens is 2. The zero-order chi connectivity index (χ0) is 19.3. The molecule has 2 heterocycles. The average Bonchev–Trinajstić information content (AvgIpc) is 2.99. The van der Waals surface area contributed by atoms with Gasteiger partial charge in [0.25, 0.3) is 0 Å². The molecule has 2 N–H and O–H groups in total. The van der Waals surface area contributed by atoms with Crippen LogP contribution < -0.4 is 10.6 Å². The van der Waals surface area contributed by atoms with Crippen molar-refractivity contribution in [3.05, 3.63) is 17.5 Å². The van der Waals surface area contributed by atoms with Gasteiger partial charge >= 0.3 is 0 Å². The largest absolute Gasteiger partial charge is 0.357 e. The van der Waals surface area contributed by atoms with E-state index in [4.69, 9.17) is 4.99 Å². The van der Waals surface area contributed by atoms with E-state index in [0.717, 1.165) is 44.3 Å². The summed E-state index contributed by atoms with van der Waals surface area (Å²) in [6.07, 6.45) is 9.04. The first-order chi connectivity index (χ1) is 13.2. The minimum Gasteiger partial charge on any atom is -0.357 e. The SMILES string of the molecule is CCNC(=NCCCn1nc(C)cc1C)NCCCCCN1CCCCC1. The van der Waals surface area contributed by atoms with Crippen LogP contribution in [0, 0.1) is 13.8 Å². The van der Waals surface area contributed by atoms with Crippen molar-refractivity contribution in [1.82, 2.24) is 25.3 Å². The molecule has 0 bridgehead atoms. The van der Waals surface area contributed by atoms with Crippen molar-refractivity contribution in [2.24, 2.45) is 4.99 Å². The molecule has 6 heteroatoms. The first-order valence-electron chi connectivity index (χ1n) is 10.9. The molecule has 2 rings (SSSR count). The van der Waals surface area contributed by atoms with Crippen molar-refractivity contribution in [1.29, 1.82) is 0 Å². The van der Waals surface area contributed by atoms with Crippen LogP contribution in [0.4, 0.5) is 0 Å². The summed E-state index contributed by atoms with van der Waals surface area (Å²) in [5, 5.41) is 11.3. The number of guanidine groups is 1. The Bertz CT molecular complexity index is 545. The Hall–Kier alpha value is -1.56. The van der Waals surface area contributed by atoms with Crippen molar-refractivity contribution >= 4 is 5.96 Å².